The normalized spacial score (nSPS) is 23.4. The molecule has 1 aliphatic rings. The summed E-state index contributed by atoms with van der Waals surface area (Å²) in [5, 5.41) is 3.20. The summed E-state index contributed by atoms with van der Waals surface area (Å²) in [6, 6.07) is 0.00587. The molecule has 0 spiro atoms. The zero-order valence-electron chi connectivity index (χ0n) is 10.3. The van der Waals surface area contributed by atoms with Crippen molar-refractivity contribution < 1.29 is 16.8 Å². The van der Waals surface area contributed by atoms with Crippen LogP contribution in [0.5, 0.6) is 0 Å². The Bertz CT molecular complexity index is 427. The Morgan fingerprint density at radius 1 is 1.29 bits per heavy atom. The molecule has 1 unspecified atom stereocenters. The minimum Gasteiger partial charge on any atom is -0.310 e. The summed E-state index contributed by atoms with van der Waals surface area (Å²) in [6.07, 6.45) is 1.16. The van der Waals surface area contributed by atoms with Crippen LogP contribution in [0, 0.1) is 0 Å². The first kappa shape index (κ1) is 14.9. The van der Waals surface area contributed by atoms with Gasteiger partial charge < -0.3 is 5.32 Å². The number of rotatable bonds is 5. The first-order valence-electron chi connectivity index (χ1n) is 5.91. The highest BCUT2D eigenvalue weighted by atomic mass is 32.2. The highest BCUT2D eigenvalue weighted by Gasteiger charge is 2.25. The van der Waals surface area contributed by atoms with E-state index < -0.39 is 19.7 Å². The lowest BCUT2D eigenvalue weighted by Gasteiger charge is -2.26. The molecule has 1 aliphatic heterocycles. The molecule has 7 heteroatoms. The molecule has 5 nitrogen and oxygen atoms in total. The lowest BCUT2D eigenvalue weighted by molar-refractivity contribution is 0.427. The second-order valence-corrected chi connectivity index (χ2v) is 9.39. The molecule has 0 aromatic heterocycles. The molecule has 0 amide bonds. The summed E-state index contributed by atoms with van der Waals surface area (Å²) < 4.78 is 45.3. The number of hydrogen-bond donors (Lipinski definition) is 1. The summed E-state index contributed by atoms with van der Waals surface area (Å²) in [5.74, 6) is 0.681. The van der Waals surface area contributed by atoms with Crippen LogP contribution in [-0.2, 0) is 19.7 Å². The maximum absolute atomic E-state index is 11.4. The molecule has 1 saturated heterocycles. The van der Waals surface area contributed by atoms with E-state index in [0.717, 1.165) is 0 Å². The van der Waals surface area contributed by atoms with Crippen molar-refractivity contribution in [2.45, 2.75) is 38.8 Å². The van der Waals surface area contributed by atoms with Crippen molar-refractivity contribution in [1.82, 2.24) is 5.32 Å². The monoisotopic (exact) mass is 283 g/mol. The van der Waals surface area contributed by atoms with E-state index in [-0.39, 0.29) is 35.1 Å². The molecule has 0 aromatic carbocycles. The third-order valence-electron chi connectivity index (χ3n) is 3.02. The quantitative estimate of drug-likeness (QED) is 0.767. The first-order valence-corrected chi connectivity index (χ1v) is 9.55. The van der Waals surface area contributed by atoms with Crippen molar-refractivity contribution in [3.8, 4) is 0 Å². The van der Waals surface area contributed by atoms with Crippen molar-refractivity contribution in [3.63, 3.8) is 0 Å². The van der Waals surface area contributed by atoms with E-state index in [2.05, 4.69) is 5.32 Å². The van der Waals surface area contributed by atoms with Crippen molar-refractivity contribution in [2.75, 3.05) is 23.0 Å². The first-order chi connectivity index (χ1) is 7.74. The maximum Gasteiger partial charge on any atom is 0.151 e. The van der Waals surface area contributed by atoms with Crippen LogP contribution in [0.25, 0.3) is 0 Å². The lowest BCUT2D eigenvalue weighted by Crippen LogP contribution is -2.44. The summed E-state index contributed by atoms with van der Waals surface area (Å²) in [7, 11) is -5.82. The summed E-state index contributed by atoms with van der Waals surface area (Å²) in [4.78, 5) is 0. The van der Waals surface area contributed by atoms with E-state index >= 15 is 0 Å². The Morgan fingerprint density at radius 3 is 2.29 bits per heavy atom. The molecule has 0 aliphatic carbocycles. The van der Waals surface area contributed by atoms with Crippen LogP contribution in [0.2, 0.25) is 0 Å². The molecule has 0 saturated carbocycles. The fourth-order valence-corrected chi connectivity index (χ4v) is 4.59. The van der Waals surface area contributed by atoms with Gasteiger partial charge in [-0.15, -0.1) is 0 Å². The highest BCUT2D eigenvalue weighted by Crippen LogP contribution is 2.13. The van der Waals surface area contributed by atoms with Crippen molar-refractivity contribution in [1.29, 1.82) is 0 Å². The van der Waals surface area contributed by atoms with Crippen LogP contribution in [0.1, 0.15) is 26.7 Å². The topological polar surface area (TPSA) is 80.3 Å². The van der Waals surface area contributed by atoms with E-state index in [1.807, 2.05) is 6.92 Å². The van der Waals surface area contributed by atoms with Gasteiger partial charge in [0.1, 0.15) is 9.84 Å². The Labute approximate surface area is 104 Å². The molecule has 0 bridgehead atoms. The summed E-state index contributed by atoms with van der Waals surface area (Å²) in [6.45, 7) is 3.46. The summed E-state index contributed by atoms with van der Waals surface area (Å²) >= 11 is 0. The van der Waals surface area contributed by atoms with Crippen molar-refractivity contribution in [2.24, 2.45) is 0 Å². The Hall–Kier alpha value is -0.140. The Balaban J connectivity index is 2.41. The van der Waals surface area contributed by atoms with Crippen LogP contribution in [-0.4, -0.2) is 51.9 Å². The standard InChI is InChI=1S/C10H21NO4S2/c1-3-16(12,13)8-9(2)11-10-4-6-17(14,15)7-5-10/h9-11H,3-8H2,1-2H3. The zero-order chi connectivity index (χ0) is 13.1. The predicted octanol–water partition coefficient (Wildman–Crippen LogP) is -0.0236. The molecule has 0 aromatic rings. The van der Waals surface area contributed by atoms with E-state index in [0.29, 0.717) is 12.8 Å². The molecule has 17 heavy (non-hydrogen) atoms. The average molecular weight is 283 g/mol. The smallest absolute Gasteiger partial charge is 0.151 e. The Morgan fingerprint density at radius 2 is 1.82 bits per heavy atom. The average Bonchev–Trinajstić information content (AvgIpc) is 2.20. The molecule has 102 valence electrons. The minimum atomic E-state index is -2.97. The van der Waals surface area contributed by atoms with E-state index in [9.17, 15) is 16.8 Å². The van der Waals surface area contributed by atoms with Gasteiger partial charge in [-0.05, 0) is 19.8 Å². The lowest BCUT2D eigenvalue weighted by atomic mass is 10.1. The van der Waals surface area contributed by atoms with Crippen LogP contribution in [0.4, 0.5) is 0 Å². The molecule has 1 rings (SSSR count). The molecule has 1 N–H and O–H groups in total. The van der Waals surface area contributed by atoms with Crippen molar-refractivity contribution >= 4 is 19.7 Å². The fourth-order valence-electron chi connectivity index (χ4n) is 2.01. The Kier molecular flexibility index (Phi) is 4.97. The molecule has 1 fully saturated rings. The molecule has 1 heterocycles. The third kappa shape index (κ3) is 5.35. The molecular formula is C10H21NO4S2. The largest absolute Gasteiger partial charge is 0.310 e. The summed E-state index contributed by atoms with van der Waals surface area (Å²) in [5.41, 5.74) is 0. The molecule has 0 radical (unpaired) electrons. The van der Waals surface area contributed by atoms with E-state index in [1.54, 1.807) is 6.92 Å². The van der Waals surface area contributed by atoms with Gasteiger partial charge in [0.25, 0.3) is 0 Å². The predicted molar refractivity (Wildman–Crippen MR) is 68.6 cm³/mol. The second kappa shape index (κ2) is 5.67. The second-order valence-electron chi connectivity index (χ2n) is 4.69. The van der Waals surface area contributed by atoms with Gasteiger partial charge in [-0.2, -0.15) is 0 Å². The van der Waals surface area contributed by atoms with Crippen LogP contribution in [0.3, 0.4) is 0 Å². The van der Waals surface area contributed by atoms with Gasteiger partial charge >= 0.3 is 0 Å². The number of sulfone groups is 2. The van der Waals surface area contributed by atoms with Gasteiger partial charge in [0, 0.05) is 17.8 Å². The molecular weight excluding hydrogens is 262 g/mol. The van der Waals surface area contributed by atoms with E-state index in [4.69, 9.17) is 0 Å². The number of nitrogens with one attached hydrogen (secondary N) is 1. The van der Waals surface area contributed by atoms with Gasteiger partial charge in [0.2, 0.25) is 0 Å². The van der Waals surface area contributed by atoms with Crippen LogP contribution in [0.15, 0.2) is 0 Å². The van der Waals surface area contributed by atoms with Crippen LogP contribution < -0.4 is 5.32 Å². The zero-order valence-corrected chi connectivity index (χ0v) is 12.0. The fraction of sp³-hybridized carbons (Fsp3) is 1.00. The van der Waals surface area contributed by atoms with Gasteiger partial charge in [0.05, 0.1) is 17.3 Å². The third-order valence-corrected chi connectivity index (χ3v) is 6.62. The van der Waals surface area contributed by atoms with Crippen molar-refractivity contribution in [3.05, 3.63) is 0 Å². The van der Waals surface area contributed by atoms with Gasteiger partial charge in [-0.25, -0.2) is 16.8 Å². The highest BCUT2D eigenvalue weighted by molar-refractivity contribution is 7.91. The van der Waals surface area contributed by atoms with Gasteiger partial charge in [-0.1, -0.05) is 6.92 Å². The van der Waals surface area contributed by atoms with E-state index in [1.165, 1.54) is 0 Å². The maximum atomic E-state index is 11.4. The molecule has 1 atom stereocenters. The van der Waals surface area contributed by atoms with Crippen LogP contribution >= 0.6 is 0 Å². The minimum absolute atomic E-state index is 0.118. The van der Waals surface area contributed by atoms with Gasteiger partial charge in [0.15, 0.2) is 9.84 Å². The van der Waals surface area contributed by atoms with Gasteiger partial charge in [-0.3, -0.25) is 0 Å². The SMILES string of the molecule is CCS(=O)(=O)CC(C)NC1CCS(=O)(=O)CC1. The number of hydrogen-bond acceptors (Lipinski definition) is 5.